The van der Waals surface area contributed by atoms with Crippen LogP contribution in [0.15, 0.2) is 65.8 Å². The van der Waals surface area contributed by atoms with Gasteiger partial charge in [-0.25, -0.2) is 10.2 Å². The van der Waals surface area contributed by atoms with Crippen LogP contribution in [0, 0.1) is 0 Å². The molecule has 2 N–H and O–H groups in total. The van der Waals surface area contributed by atoms with E-state index in [1.54, 1.807) is 18.2 Å². The Hall–Kier alpha value is -3.10. The largest absolute Gasteiger partial charge is 0.423 e. The number of rotatable bonds is 5. The van der Waals surface area contributed by atoms with E-state index in [1.165, 1.54) is 48.7 Å². The number of esters is 1. The number of hydrogen-bond donors (Lipinski definition) is 2. The van der Waals surface area contributed by atoms with Gasteiger partial charge < -0.3 is 10.1 Å². The Morgan fingerprint density at radius 1 is 0.788 bits per heavy atom. The molecule has 3 rings (SSSR count). The number of anilines is 1. The van der Waals surface area contributed by atoms with E-state index in [0.29, 0.717) is 15.6 Å². The number of benzene rings is 3. The van der Waals surface area contributed by atoms with Gasteiger partial charge in [-0.1, -0.05) is 46.4 Å². The lowest BCUT2D eigenvalue weighted by Crippen LogP contribution is -2.32. The fraction of sp³-hybridized carbons (Fsp3) is 0. The van der Waals surface area contributed by atoms with Crippen LogP contribution in [-0.2, 0) is 9.59 Å². The number of ether oxygens (including phenoxy) is 1. The van der Waals surface area contributed by atoms with Crippen LogP contribution >= 0.6 is 46.4 Å². The van der Waals surface area contributed by atoms with Gasteiger partial charge in [-0.3, -0.25) is 9.59 Å². The van der Waals surface area contributed by atoms with Crippen LogP contribution in [0.25, 0.3) is 0 Å². The molecule has 0 aliphatic carbocycles. The number of nitrogens with one attached hydrogen (secondary N) is 2. The van der Waals surface area contributed by atoms with Crippen molar-refractivity contribution in [2.45, 2.75) is 0 Å². The van der Waals surface area contributed by atoms with Crippen molar-refractivity contribution in [1.29, 1.82) is 0 Å². The summed E-state index contributed by atoms with van der Waals surface area (Å²) in [5, 5.41) is 7.21. The van der Waals surface area contributed by atoms with Gasteiger partial charge in [0.2, 0.25) is 0 Å². The summed E-state index contributed by atoms with van der Waals surface area (Å²) >= 11 is 23.6. The first kappa shape index (κ1) is 24.5. The standard InChI is InChI=1S/C22H13Cl4N3O4/c23-13-3-7-16(18(26)9-13)22(32)33-15-5-1-12(2-6-15)11-27-29-21(31)20(30)28-19-10-14(24)4-8-17(19)25/h1-11H,(H,28,30)(H,29,31)/b27-11+. The molecule has 0 bridgehead atoms. The second kappa shape index (κ2) is 11.2. The first-order chi connectivity index (χ1) is 15.7. The maximum Gasteiger partial charge on any atom is 0.345 e. The lowest BCUT2D eigenvalue weighted by Gasteiger charge is -2.07. The van der Waals surface area contributed by atoms with Crippen molar-refractivity contribution in [3.63, 3.8) is 0 Å². The molecule has 0 heterocycles. The summed E-state index contributed by atoms with van der Waals surface area (Å²) in [6.45, 7) is 0. The van der Waals surface area contributed by atoms with Crippen molar-refractivity contribution in [3.05, 3.63) is 91.9 Å². The second-order valence-electron chi connectivity index (χ2n) is 6.36. The van der Waals surface area contributed by atoms with Crippen molar-refractivity contribution in [2.24, 2.45) is 5.10 Å². The molecule has 3 aromatic rings. The Kier molecular flexibility index (Phi) is 8.30. The third-order valence-electron chi connectivity index (χ3n) is 4.00. The zero-order valence-corrected chi connectivity index (χ0v) is 19.5. The SMILES string of the molecule is O=C(N/N=C/c1ccc(OC(=O)c2ccc(Cl)cc2Cl)cc1)C(=O)Nc1cc(Cl)ccc1Cl. The summed E-state index contributed by atoms with van der Waals surface area (Å²) in [7, 11) is 0. The van der Waals surface area contributed by atoms with Crippen molar-refractivity contribution in [2.75, 3.05) is 5.32 Å². The summed E-state index contributed by atoms with van der Waals surface area (Å²) in [5.41, 5.74) is 3.03. The molecule has 0 saturated carbocycles. The quantitative estimate of drug-likeness (QED) is 0.149. The number of carbonyl (C=O) groups excluding carboxylic acids is 3. The van der Waals surface area contributed by atoms with Gasteiger partial charge in [0.1, 0.15) is 5.75 Å². The topological polar surface area (TPSA) is 96.9 Å². The number of hydrogen-bond acceptors (Lipinski definition) is 5. The summed E-state index contributed by atoms with van der Waals surface area (Å²) in [6.07, 6.45) is 1.30. The third kappa shape index (κ3) is 6.94. The zero-order chi connectivity index (χ0) is 24.0. The first-order valence-electron chi connectivity index (χ1n) is 9.09. The third-order valence-corrected chi connectivity index (χ3v) is 5.12. The summed E-state index contributed by atoms with van der Waals surface area (Å²) < 4.78 is 5.27. The van der Waals surface area contributed by atoms with Gasteiger partial charge in [0.25, 0.3) is 0 Å². The van der Waals surface area contributed by atoms with Crippen LogP contribution in [0.1, 0.15) is 15.9 Å². The van der Waals surface area contributed by atoms with Gasteiger partial charge in [-0.05, 0) is 66.2 Å². The van der Waals surface area contributed by atoms with E-state index < -0.39 is 17.8 Å². The second-order valence-corrected chi connectivity index (χ2v) is 8.05. The highest BCUT2D eigenvalue weighted by molar-refractivity contribution is 6.42. The zero-order valence-electron chi connectivity index (χ0n) is 16.4. The summed E-state index contributed by atoms with van der Waals surface area (Å²) in [5.74, 6) is -2.35. The molecule has 0 unspecified atom stereocenters. The Morgan fingerprint density at radius 2 is 1.45 bits per heavy atom. The molecule has 0 fully saturated rings. The van der Waals surface area contributed by atoms with Gasteiger partial charge in [0.15, 0.2) is 0 Å². The predicted molar refractivity (Wildman–Crippen MR) is 129 cm³/mol. The summed E-state index contributed by atoms with van der Waals surface area (Å²) in [6, 6.07) is 15.1. The van der Waals surface area contributed by atoms with E-state index in [9.17, 15) is 14.4 Å². The Balaban J connectivity index is 1.54. The fourth-order valence-corrected chi connectivity index (χ4v) is 3.25. The van der Waals surface area contributed by atoms with E-state index >= 15 is 0 Å². The van der Waals surface area contributed by atoms with Crippen LogP contribution < -0.4 is 15.5 Å². The lowest BCUT2D eigenvalue weighted by molar-refractivity contribution is -0.136. The minimum absolute atomic E-state index is 0.173. The minimum Gasteiger partial charge on any atom is -0.423 e. The van der Waals surface area contributed by atoms with Crippen molar-refractivity contribution < 1.29 is 19.1 Å². The molecule has 0 spiro atoms. The average molecular weight is 525 g/mol. The number of nitrogens with zero attached hydrogens (tertiary/aromatic N) is 1. The van der Waals surface area contributed by atoms with E-state index in [2.05, 4.69) is 15.8 Å². The fourth-order valence-electron chi connectivity index (χ4n) is 2.43. The van der Waals surface area contributed by atoms with Gasteiger partial charge in [0, 0.05) is 10.0 Å². The number of carbonyl (C=O) groups is 3. The maximum atomic E-state index is 12.2. The molecule has 0 aliphatic heterocycles. The van der Waals surface area contributed by atoms with E-state index in [4.69, 9.17) is 51.1 Å². The van der Waals surface area contributed by atoms with E-state index in [-0.39, 0.29) is 27.0 Å². The number of halogens is 4. The van der Waals surface area contributed by atoms with Crippen molar-refractivity contribution in [1.82, 2.24) is 5.43 Å². The predicted octanol–water partition coefficient (Wildman–Crippen LogP) is 5.61. The monoisotopic (exact) mass is 523 g/mol. The van der Waals surface area contributed by atoms with Crippen LogP contribution in [-0.4, -0.2) is 24.0 Å². The number of hydrazone groups is 1. The lowest BCUT2D eigenvalue weighted by atomic mass is 10.2. The molecule has 33 heavy (non-hydrogen) atoms. The normalized spacial score (nSPS) is 10.7. The molecule has 0 atom stereocenters. The molecule has 3 aromatic carbocycles. The molecule has 168 valence electrons. The van der Waals surface area contributed by atoms with Gasteiger partial charge >= 0.3 is 17.8 Å². The van der Waals surface area contributed by atoms with Gasteiger partial charge in [0.05, 0.1) is 27.5 Å². The molecule has 0 aliphatic rings. The molecule has 11 heteroatoms. The smallest absolute Gasteiger partial charge is 0.345 e. The Bertz CT molecular complexity index is 1250. The van der Waals surface area contributed by atoms with E-state index in [0.717, 1.165) is 0 Å². The van der Waals surface area contributed by atoms with Crippen LogP contribution in [0.5, 0.6) is 5.75 Å². The molecular formula is C22H13Cl4N3O4. The molecule has 0 saturated heterocycles. The summed E-state index contributed by atoms with van der Waals surface area (Å²) in [4.78, 5) is 36.1. The first-order valence-corrected chi connectivity index (χ1v) is 10.6. The van der Waals surface area contributed by atoms with Crippen LogP contribution in [0.2, 0.25) is 20.1 Å². The van der Waals surface area contributed by atoms with Crippen LogP contribution in [0.4, 0.5) is 5.69 Å². The highest BCUT2D eigenvalue weighted by Crippen LogP contribution is 2.25. The molecule has 7 nitrogen and oxygen atoms in total. The molecular weight excluding hydrogens is 512 g/mol. The minimum atomic E-state index is -1.01. The highest BCUT2D eigenvalue weighted by Gasteiger charge is 2.15. The Morgan fingerprint density at radius 3 is 2.15 bits per heavy atom. The van der Waals surface area contributed by atoms with E-state index in [1.807, 2.05) is 0 Å². The molecule has 0 radical (unpaired) electrons. The van der Waals surface area contributed by atoms with Crippen LogP contribution in [0.3, 0.4) is 0 Å². The van der Waals surface area contributed by atoms with Crippen molar-refractivity contribution >= 4 is 76.1 Å². The number of amides is 2. The van der Waals surface area contributed by atoms with Gasteiger partial charge in [-0.15, -0.1) is 0 Å². The van der Waals surface area contributed by atoms with Gasteiger partial charge in [-0.2, -0.15) is 5.10 Å². The Labute approximate surface area is 208 Å². The molecule has 2 amide bonds. The average Bonchev–Trinajstić information content (AvgIpc) is 2.77. The molecule has 0 aromatic heterocycles. The van der Waals surface area contributed by atoms with Crippen molar-refractivity contribution in [3.8, 4) is 5.75 Å². The highest BCUT2D eigenvalue weighted by atomic mass is 35.5. The maximum absolute atomic E-state index is 12.2.